The summed E-state index contributed by atoms with van der Waals surface area (Å²) in [6, 6.07) is -0.943. The highest BCUT2D eigenvalue weighted by Crippen LogP contribution is 1.92. The molecule has 0 fully saturated rings. The van der Waals surface area contributed by atoms with Crippen LogP contribution in [-0.4, -0.2) is 35.7 Å². The molecule has 1 atom stereocenters. The number of rotatable bonds is 5. The number of ether oxygens (including phenoxy) is 1. The standard InChI is InChI=1S/C7H12N2O5/c1-4(6(11)12)14-3-2-5(10)9-7(8)13/h4H,2-3H2,1H3,(H,11,12)(H3,8,9,10,13). The van der Waals surface area contributed by atoms with Crippen LogP contribution in [0.4, 0.5) is 4.79 Å². The Labute approximate surface area is 80.2 Å². The summed E-state index contributed by atoms with van der Waals surface area (Å²) in [7, 11) is 0. The molecular formula is C7H12N2O5. The summed E-state index contributed by atoms with van der Waals surface area (Å²) in [5.74, 6) is -1.71. The van der Waals surface area contributed by atoms with Crippen molar-refractivity contribution < 1.29 is 24.2 Å². The maximum Gasteiger partial charge on any atom is 0.332 e. The highest BCUT2D eigenvalue weighted by Gasteiger charge is 2.11. The molecule has 4 N–H and O–H groups in total. The lowest BCUT2D eigenvalue weighted by Crippen LogP contribution is -2.35. The molecule has 0 radical (unpaired) electrons. The summed E-state index contributed by atoms with van der Waals surface area (Å²) in [4.78, 5) is 31.2. The summed E-state index contributed by atoms with van der Waals surface area (Å²) in [5.41, 5.74) is 4.67. The molecule has 7 heteroatoms. The van der Waals surface area contributed by atoms with Gasteiger partial charge in [-0.25, -0.2) is 9.59 Å². The first kappa shape index (κ1) is 12.4. The second-order valence-electron chi connectivity index (χ2n) is 2.51. The highest BCUT2D eigenvalue weighted by molar-refractivity contribution is 5.93. The molecular weight excluding hydrogens is 192 g/mol. The number of hydrogen-bond acceptors (Lipinski definition) is 4. The largest absolute Gasteiger partial charge is 0.479 e. The van der Waals surface area contributed by atoms with Gasteiger partial charge >= 0.3 is 12.0 Å². The molecule has 0 aromatic heterocycles. The van der Waals surface area contributed by atoms with Gasteiger partial charge < -0.3 is 15.6 Å². The van der Waals surface area contributed by atoms with Crippen LogP contribution >= 0.6 is 0 Å². The first-order chi connectivity index (χ1) is 6.43. The average Bonchev–Trinajstić information content (AvgIpc) is 2.02. The van der Waals surface area contributed by atoms with Crippen molar-refractivity contribution in [3.05, 3.63) is 0 Å². The van der Waals surface area contributed by atoms with E-state index in [1.54, 1.807) is 0 Å². The van der Waals surface area contributed by atoms with E-state index >= 15 is 0 Å². The van der Waals surface area contributed by atoms with Crippen molar-refractivity contribution in [1.29, 1.82) is 0 Å². The first-order valence-electron chi connectivity index (χ1n) is 3.87. The lowest BCUT2D eigenvalue weighted by molar-refractivity contribution is -0.149. The minimum absolute atomic E-state index is 0.0768. The van der Waals surface area contributed by atoms with Crippen LogP contribution in [0.1, 0.15) is 13.3 Å². The van der Waals surface area contributed by atoms with E-state index in [2.05, 4.69) is 5.73 Å². The molecule has 0 saturated heterocycles. The molecule has 0 aromatic carbocycles. The number of hydrogen-bond donors (Lipinski definition) is 3. The van der Waals surface area contributed by atoms with Crippen molar-refractivity contribution in [1.82, 2.24) is 5.32 Å². The van der Waals surface area contributed by atoms with Gasteiger partial charge in [-0.2, -0.15) is 0 Å². The molecule has 0 aliphatic rings. The van der Waals surface area contributed by atoms with Crippen LogP contribution in [0.3, 0.4) is 0 Å². The second kappa shape index (κ2) is 5.92. The number of carbonyl (C=O) groups excluding carboxylic acids is 2. The van der Waals surface area contributed by atoms with Crippen molar-refractivity contribution in [3.63, 3.8) is 0 Å². The van der Waals surface area contributed by atoms with Gasteiger partial charge in [0.25, 0.3) is 0 Å². The zero-order valence-electron chi connectivity index (χ0n) is 7.65. The number of aliphatic carboxylic acids is 1. The van der Waals surface area contributed by atoms with E-state index in [4.69, 9.17) is 9.84 Å². The Morgan fingerprint density at radius 1 is 1.50 bits per heavy atom. The van der Waals surface area contributed by atoms with Crippen LogP contribution < -0.4 is 11.1 Å². The molecule has 0 rings (SSSR count). The van der Waals surface area contributed by atoms with Gasteiger partial charge in [0.05, 0.1) is 13.0 Å². The molecule has 1 unspecified atom stereocenters. The van der Waals surface area contributed by atoms with Crippen LogP contribution in [0.25, 0.3) is 0 Å². The highest BCUT2D eigenvalue weighted by atomic mass is 16.5. The molecule has 80 valence electrons. The Morgan fingerprint density at radius 2 is 2.07 bits per heavy atom. The van der Waals surface area contributed by atoms with Gasteiger partial charge in [0.15, 0.2) is 6.10 Å². The van der Waals surface area contributed by atoms with E-state index in [-0.39, 0.29) is 13.0 Å². The number of nitrogens with two attached hydrogens (primary N) is 1. The number of urea groups is 1. The van der Waals surface area contributed by atoms with Gasteiger partial charge in [-0.1, -0.05) is 0 Å². The molecule has 0 heterocycles. The van der Waals surface area contributed by atoms with E-state index in [9.17, 15) is 14.4 Å². The third kappa shape index (κ3) is 5.95. The minimum Gasteiger partial charge on any atom is -0.479 e. The molecule has 3 amide bonds. The average molecular weight is 204 g/mol. The summed E-state index contributed by atoms with van der Waals surface area (Å²) in [6.45, 7) is 1.26. The topological polar surface area (TPSA) is 119 Å². The molecule has 14 heavy (non-hydrogen) atoms. The maximum atomic E-state index is 10.8. The number of imide groups is 1. The van der Waals surface area contributed by atoms with Gasteiger partial charge in [0, 0.05) is 0 Å². The Bertz CT molecular complexity index is 240. The third-order valence-electron chi connectivity index (χ3n) is 1.31. The second-order valence-corrected chi connectivity index (χ2v) is 2.51. The fraction of sp³-hybridized carbons (Fsp3) is 0.571. The minimum atomic E-state index is -1.11. The number of carboxylic acid groups (broad SMARTS) is 1. The fourth-order valence-electron chi connectivity index (χ4n) is 0.600. The number of nitrogens with one attached hydrogen (secondary N) is 1. The maximum absolute atomic E-state index is 10.8. The lowest BCUT2D eigenvalue weighted by atomic mass is 10.4. The Hall–Kier alpha value is -1.63. The van der Waals surface area contributed by atoms with Gasteiger partial charge in [0.1, 0.15) is 0 Å². The van der Waals surface area contributed by atoms with Crippen molar-refractivity contribution in [2.75, 3.05) is 6.61 Å². The summed E-state index contributed by atoms with van der Waals surface area (Å²) in [5, 5.41) is 10.2. The Morgan fingerprint density at radius 3 is 2.50 bits per heavy atom. The van der Waals surface area contributed by atoms with Crippen LogP contribution in [0, 0.1) is 0 Å². The fourth-order valence-corrected chi connectivity index (χ4v) is 0.600. The van der Waals surface area contributed by atoms with Crippen LogP contribution in [0.15, 0.2) is 0 Å². The number of primary amides is 1. The zero-order valence-corrected chi connectivity index (χ0v) is 7.65. The molecule has 0 saturated carbocycles. The summed E-state index contributed by atoms with van der Waals surface area (Å²) in [6.07, 6.45) is -1.09. The molecule has 7 nitrogen and oxygen atoms in total. The number of carboxylic acids is 1. The number of carbonyl (C=O) groups is 3. The SMILES string of the molecule is CC(OCCC(=O)NC(N)=O)C(=O)O. The van der Waals surface area contributed by atoms with Crippen LogP contribution in [0.2, 0.25) is 0 Å². The lowest BCUT2D eigenvalue weighted by Gasteiger charge is -2.07. The van der Waals surface area contributed by atoms with E-state index in [1.807, 2.05) is 5.32 Å². The molecule has 0 aliphatic carbocycles. The van der Waals surface area contributed by atoms with Crippen LogP contribution in [-0.2, 0) is 14.3 Å². The predicted octanol–water partition coefficient (Wildman–Crippen LogP) is -0.939. The first-order valence-corrected chi connectivity index (χ1v) is 3.87. The van der Waals surface area contributed by atoms with E-state index in [1.165, 1.54) is 6.92 Å². The van der Waals surface area contributed by atoms with Crippen LogP contribution in [0.5, 0.6) is 0 Å². The molecule has 0 aromatic rings. The van der Waals surface area contributed by atoms with Gasteiger partial charge in [0.2, 0.25) is 5.91 Å². The molecule has 0 aliphatic heterocycles. The van der Waals surface area contributed by atoms with Gasteiger partial charge in [-0.05, 0) is 6.92 Å². The zero-order chi connectivity index (χ0) is 11.1. The van der Waals surface area contributed by atoms with E-state index in [0.717, 1.165) is 0 Å². The predicted molar refractivity (Wildman–Crippen MR) is 45.4 cm³/mol. The Kier molecular flexibility index (Phi) is 5.23. The Balaban J connectivity index is 3.59. The van der Waals surface area contributed by atoms with Gasteiger partial charge in [-0.3, -0.25) is 10.1 Å². The van der Waals surface area contributed by atoms with Crippen molar-refractivity contribution >= 4 is 17.9 Å². The monoisotopic (exact) mass is 204 g/mol. The van der Waals surface area contributed by atoms with Gasteiger partial charge in [-0.15, -0.1) is 0 Å². The molecule has 0 bridgehead atoms. The summed E-state index contributed by atoms with van der Waals surface area (Å²) < 4.78 is 4.74. The van der Waals surface area contributed by atoms with Crippen molar-refractivity contribution in [2.24, 2.45) is 5.73 Å². The molecule has 0 spiro atoms. The third-order valence-corrected chi connectivity index (χ3v) is 1.31. The normalized spacial score (nSPS) is 11.8. The van der Waals surface area contributed by atoms with Crippen molar-refractivity contribution in [2.45, 2.75) is 19.4 Å². The van der Waals surface area contributed by atoms with E-state index < -0.39 is 24.0 Å². The van der Waals surface area contributed by atoms with Crippen molar-refractivity contribution in [3.8, 4) is 0 Å². The summed E-state index contributed by atoms with van der Waals surface area (Å²) >= 11 is 0. The van der Waals surface area contributed by atoms with E-state index in [0.29, 0.717) is 0 Å². The quantitative estimate of drug-likeness (QED) is 0.534. The smallest absolute Gasteiger partial charge is 0.332 e. The number of amides is 3.